The van der Waals surface area contributed by atoms with Gasteiger partial charge in [-0.05, 0) is 30.7 Å². The molecular weight excluding hydrogens is 180 g/mol. The van der Waals surface area contributed by atoms with Gasteiger partial charge in [0.25, 0.3) is 0 Å². The molecule has 0 aliphatic rings. The Morgan fingerprint density at radius 1 is 1.64 bits per heavy atom. The molecule has 0 saturated heterocycles. The van der Waals surface area contributed by atoms with E-state index in [9.17, 15) is 4.79 Å². The Labute approximate surface area is 82.3 Å². The van der Waals surface area contributed by atoms with E-state index >= 15 is 0 Å². The summed E-state index contributed by atoms with van der Waals surface area (Å²) in [6.07, 6.45) is 5.04. The van der Waals surface area contributed by atoms with Crippen LogP contribution in [0.25, 0.3) is 0 Å². The van der Waals surface area contributed by atoms with Crippen molar-refractivity contribution in [2.45, 2.75) is 6.92 Å². The lowest BCUT2D eigenvalue weighted by Crippen LogP contribution is -1.99. The maximum Gasteiger partial charge on any atom is 0.335 e. The first-order valence-corrected chi connectivity index (χ1v) is 4.05. The molecule has 0 atom stereocenters. The monoisotopic (exact) mass is 190 g/mol. The van der Waals surface area contributed by atoms with E-state index in [1.807, 2.05) is 0 Å². The van der Waals surface area contributed by atoms with E-state index in [1.54, 1.807) is 19.1 Å². The van der Waals surface area contributed by atoms with Crippen molar-refractivity contribution in [3.63, 3.8) is 0 Å². The highest BCUT2D eigenvalue weighted by Crippen LogP contribution is 2.18. The zero-order valence-electron chi connectivity index (χ0n) is 7.78. The smallest absolute Gasteiger partial charge is 0.335 e. The van der Waals surface area contributed by atoms with Crippen LogP contribution in [0.3, 0.4) is 0 Å². The first-order valence-electron chi connectivity index (χ1n) is 4.05. The molecule has 1 rings (SSSR count). The van der Waals surface area contributed by atoms with Crippen LogP contribution in [-0.4, -0.2) is 17.7 Å². The Hall–Kier alpha value is -1.95. The van der Waals surface area contributed by atoms with Crippen molar-refractivity contribution in [3.05, 3.63) is 29.3 Å². The summed E-state index contributed by atoms with van der Waals surface area (Å²) >= 11 is 0. The summed E-state index contributed by atoms with van der Waals surface area (Å²) in [5, 5.41) is 8.70. The van der Waals surface area contributed by atoms with Crippen molar-refractivity contribution in [2.24, 2.45) is 0 Å². The maximum atomic E-state index is 10.6. The van der Waals surface area contributed by atoms with Crippen molar-refractivity contribution in [3.8, 4) is 18.1 Å². The van der Waals surface area contributed by atoms with E-state index in [0.717, 1.165) is 5.56 Å². The van der Waals surface area contributed by atoms with Gasteiger partial charge in [-0.2, -0.15) is 0 Å². The molecule has 0 fully saturated rings. The first-order chi connectivity index (χ1) is 6.65. The molecule has 0 aliphatic carbocycles. The maximum absolute atomic E-state index is 10.6. The minimum atomic E-state index is -0.948. The molecule has 1 N–H and O–H groups in total. The van der Waals surface area contributed by atoms with E-state index in [0.29, 0.717) is 5.75 Å². The van der Waals surface area contributed by atoms with Crippen LogP contribution in [0.1, 0.15) is 15.9 Å². The number of carboxylic acids is 1. The third kappa shape index (κ3) is 2.27. The average Bonchev–Trinajstić information content (AvgIpc) is 2.15. The van der Waals surface area contributed by atoms with Gasteiger partial charge in [0, 0.05) is 0 Å². The fourth-order valence-electron chi connectivity index (χ4n) is 1.06. The van der Waals surface area contributed by atoms with Gasteiger partial charge in [-0.1, -0.05) is 5.92 Å². The molecule has 14 heavy (non-hydrogen) atoms. The number of benzene rings is 1. The lowest BCUT2D eigenvalue weighted by Gasteiger charge is -2.06. The molecule has 72 valence electrons. The van der Waals surface area contributed by atoms with E-state index < -0.39 is 5.97 Å². The molecular formula is C11H10O3. The van der Waals surface area contributed by atoms with Crippen LogP contribution in [0, 0.1) is 19.3 Å². The van der Waals surface area contributed by atoms with Crippen LogP contribution in [-0.2, 0) is 0 Å². The highest BCUT2D eigenvalue weighted by molar-refractivity contribution is 5.88. The number of ether oxygens (including phenoxy) is 1. The number of carbonyl (C=O) groups is 1. The summed E-state index contributed by atoms with van der Waals surface area (Å²) in [6, 6.07) is 4.64. The molecule has 0 saturated carbocycles. The number of hydrogen-bond donors (Lipinski definition) is 1. The van der Waals surface area contributed by atoms with E-state index in [4.69, 9.17) is 16.3 Å². The minimum Gasteiger partial charge on any atom is -0.481 e. The fraction of sp³-hybridized carbons (Fsp3) is 0.182. The number of aromatic carboxylic acids is 1. The molecule has 0 aliphatic heterocycles. The molecule has 0 amide bonds. The highest BCUT2D eigenvalue weighted by Gasteiger charge is 2.05. The van der Waals surface area contributed by atoms with Crippen molar-refractivity contribution in [1.82, 2.24) is 0 Å². The van der Waals surface area contributed by atoms with Gasteiger partial charge in [0.05, 0.1) is 5.56 Å². The summed E-state index contributed by atoms with van der Waals surface area (Å²) in [5.74, 6) is 2.01. The lowest BCUT2D eigenvalue weighted by atomic mass is 10.1. The second-order valence-corrected chi connectivity index (χ2v) is 2.78. The van der Waals surface area contributed by atoms with Gasteiger partial charge in [0.15, 0.2) is 0 Å². The fourth-order valence-corrected chi connectivity index (χ4v) is 1.06. The third-order valence-corrected chi connectivity index (χ3v) is 1.73. The van der Waals surface area contributed by atoms with Gasteiger partial charge >= 0.3 is 5.97 Å². The Balaban J connectivity index is 2.91. The summed E-state index contributed by atoms with van der Waals surface area (Å²) < 4.78 is 5.19. The Morgan fingerprint density at radius 3 is 2.86 bits per heavy atom. The van der Waals surface area contributed by atoms with Crippen LogP contribution in [0.2, 0.25) is 0 Å². The molecule has 0 aromatic heterocycles. The van der Waals surface area contributed by atoms with Gasteiger partial charge in [0.1, 0.15) is 12.4 Å². The van der Waals surface area contributed by atoms with Crippen LogP contribution in [0.4, 0.5) is 0 Å². The normalized spacial score (nSPS) is 9.14. The van der Waals surface area contributed by atoms with Gasteiger partial charge in [0.2, 0.25) is 0 Å². The third-order valence-electron chi connectivity index (χ3n) is 1.73. The van der Waals surface area contributed by atoms with Gasteiger partial charge in [-0.15, -0.1) is 6.42 Å². The standard InChI is InChI=1S/C11H10O3/c1-3-6-14-10-5-4-9(11(12)13)7-8(10)2/h1,4-5,7H,6H2,2H3,(H,12,13). The Kier molecular flexibility index (Phi) is 3.14. The van der Waals surface area contributed by atoms with E-state index in [-0.39, 0.29) is 12.2 Å². The average molecular weight is 190 g/mol. The SMILES string of the molecule is C#CCOc1ccc(C(=O)O)cc1C. The number of rotatable bonds is 3. The molecule has 1 aromatic carbocycles. The number of aryl methyl sites for hydroxylation is 1. The lowest BCUT2D eigenvalue weighted by molar-refractivity contribution is 0.0696. The Morgan fingerprint density at radius 2 is 2.36 bits per heavy atom. The van der Waals surface area contributed by atoms with Crippen LogP contribution in [0.15, 0.2) is 18.2 Å². The summed E-state index contributed by atoms with van der Waals surface area (Å²) in [6.45, 7) is 1.96. The molecule has 0 bridgehead atoms. The molecule has 0 spiro atoms. The quantitative estimate of drug-likeness (QED) is 0.738. The molecule has 3 nitrogen and oxygen atoms in total. The van der Waals surface area contributed by atoms with Crippen molar-refractivity contribution in [2.75, 3.05) is 6.61 Å². The summed E-state index contributed by atoms with van der Waals surface area (Å²) in [4.78, 5) is 10.6. The second kappa shape index (κ2) is 4.33. The molecule has 0 heterocycles. The predicted molar refractivity (Wildman–Crippen MR) is 52.5 cm³/mol. The molecule has 3 heteroatoms. The van der Waals surface area contributed by atoms with Crippen LogP contribution < -0.4 is 4.74 Å². The molecule has 0 unspecified atom stereocenters. The van der Waals surface area contributed by atoms with E-state index in [1.165, 1.54) is 6.07 Å². The largest absolute Gasteiger partial charge is 0.481 e. The predicted octanol–water partition coefficient (Wildman–Crippen LogP) is 1.71. The number of hydrogen-bond acceptors (Lipinski definition) is 2. The van der Waals surface area contributed by atoms with Gasteiger partial charge in [-0.3, -0.25) is 0 Å². The van der Waals surface area contributed by atoms with Crippen LogP contribution >= 0.6 is 0 Å². The highest BCUT2D eigenvalue weighted by atomic mass is 16.5. The topological polar surface area (TPSA) is 46.5 Å². The number of carboxylic acid groups (broad SMARTS) is 1. The first kappa shape index (κ1) is 10.1. The Bertz CT molecular complexity index is 388. The number of terminal acetylenes is 1. The summed E-state index contributed by atoms with van der Waals surface area (Å²) in [5.41, 5.74) is 1.01. The van der Waals surface area contributed by atoms with E-state index in [2.05, 4.69) is 5.92 Å². The van der Waals surface area contributed by atoms with Crippen molar-refractivity contribution >= 4 is 5.97 Å². The zero-order valence-corrected chi connectivity index (χ0v) is 7.78. The van der Waals surface area contributed by atoms with Crippen molar-refractivity contribution < 1.29 is 14.6 Å². The van der Waals surface area contributed by atoms with Gasteiger partial charge in [-0.25, -0.2) is 4.79 Å². The van der Waals surface area contributed by atoms with Gasteiger partial charge < -0.3 is 9.84 Å². The van der Waals surface area contributed by atoms with Crippen LogP contribution in [0.5, 0.6) is 5.75 Å². The summed E-state index contributed by atoms with van der Waals surface area (Å²) in [7, 11) is 0. The minimum absolute atomic E-state index is 0.188. The molecule has 1 aromatic rings. The molecule has 0 radical (unpaired) electrons. The van der Waals surface area contributed by atoms with Crippen molar-refractivity contribution in [1.29, 1.82) is 0 Å². The zero-order chi connectivity index (χ0) is 10.6. The second-order valence-electron chi connectivity index (χ2n) is 2.78.